The number of rotatable bonds is 1. The quantitative estimate of drug-likeness (QED) is 0.806. The lowest BCUT2D eigenvalue weighted by molar-refractivity contribution is 0.0422. The van der Waals surface area contributed by atoms with Crippen molar-refractivity contribution in [1.82, 2.24) is 15.2 Å². The van der Waals surface area contributed by atoms with Crippen molar-refractivity contribution in [2.45, 2.75) is 52.7 Å². The van der Waals surface area contributed by atoms with E-state index in [0.29, 0.717) is 5.82 Å². The molecule has 0 unspecified atom stereocenters. The molecule has 1 rings (SSSR count). The maximum Gasteiger partial charge on any atom is 0.435 e. The first-order valence-corrected chi connectivity index (χ1v) is 6.90. The van der Waals surface area contributed by atoms with E-state index in [0.717, 1.165) is 5.01 Å². The first kappa shape index (κ1) is 17.8. The van der Waals surface area contributed by atoms with Gasteiger partial charge in [0.2, 0.25) is 0 Å². The van der Waals surface area contributed by atoms with Crippen LogP contribution in [0.1, 0.15) is 41.5 Å². The fraction of sp³-hybridized carbons (Fsp3) is 0.643. The van der Waals surface area contributed by atoms with Gasteiger partial charge in [0.05, 0.1) is 6.20 Å². The summed E-state index contributed by atoms with van der Waals surface area (Å²) in [6, 6.07) is 1.57. The lowest BCUT2D eigenvalue weighted by Crippen LogP contribution is -2.50. The van der Waals surface area contributed by atoms with Crippen LogP contribution in [0.5, 0.6) is 0 Å². The van der Waals surface area contributed by atoms with E-state index in [4.69, 9.17) is 9.47 Å². The molecule has 0 radical (unpaired) electrons. The number of carbonyl (C=O) groups excluding carboxylic acids is 2. The van der Waals surface area contributed by atoms with E-state index in [1.165, 1.54) is 10.9 Å². The van der Waals surface area contributed by atoms with Crippen molar-refractivity contribution in [3.05, 3.63) is 12.3 Å². The van der Waals surface area contributed by atoms with E-state index in [-0.39, 0.29) is 0 Å². The Morgan fingerprint density at radius 2 is 1.68 bits per heavy atom. The summed E-state index contributed by atoms with van der Waals surface area (Å²) >= 11 is 0. The van der Waals surface area contributed by atoms with Gasteiger partial charge in [-0.3, -0.25) is 4.68 Å². The first-order chi connectivity index (χ1) is 9.89. The number of anilines is 1. The van der Waals surface area contributed by atoms with Crippen LogP contribution in [0.4, 0.5) is 15.4 Å². The van der Waals surface area contributed by atoms with Gasteiger partial charge in [0, 0.05) is 13.1 Å². The number of carbonyl (C=O) groups is 2. The molecular weight excluding hydrogens is 288 g/mol. The van der Waals surface area contributed by atoms with E-state index < -0.39 is 23.4 Å². The van der Waals surface area contributed by atoms with Crippen molar-refractivity contribution in [2.75, 3.05) is 5.01 Å². The van der Waals surface area contributed by atoms with E-state index in [2.05, 4.69) is 10.5 Å². The van der Waals surface area contributed by atoms with Crippen LogP contribution in [-0.2, 0) is 16.5 Å². The number of aryl methyl sites for hydroxylation is 1. The summed E-state index contributed by atoms with van der Waals surface area (Å²) in [6.07, 6.45) is 0.00485. The SMILES string of the molecule is Cn1nccc1N(NC(=O)OC(C)(C)C)C(=O)OC(C)(C)C. The Bertz CT molecular complexity index is 540. The molecule has 0 saturated carbocycles. The Balaban J connectivity index is 2.96. The van der Waals surface area contributed by atoms with Gasteiger partial charge in [-0.15, -0.1) is 0 Å². The highest BCUT2D eigenvalue weighted by Crippen LogP contribution is 2.16. The number of aromatic nitrogens is 2. The molecule has 0 bridgehead atoms. The van der Waals surface area contributed by atoms with Gasteiger partial charge < -0.3 is 9.47 Å². The van der Waals surface area contributed by atoms with Crippen molar-refractivity contribution < 1.29 is 19.1 Å². The van der Waals surface area contributed by atoms with Crippen molar-refractivity contribution >= 4 is 18.0 Å². The molecule has 0 aliphatic heterocycles. The summed E-state index contributed by atoms with van der Waals surface area (Å²) in [5.74, 6) is 0.347. The van der Waals surface area contributed by atoms with E-state index in [1.54, 1.807) is 54.7 Å². The van der Waals surface area contributed by atoms with Crippen LogP contribution in [-0.4, -0.2) is 33.2 Å². The van der Waals surface area contributed by atoms with Gasteiger partial charge in [-0.05, 0) is 41.5 Å². The molecule has 1 aromatic heterocycles. The predicted octanol–water partition coefficient (Wildman–Crippen LogP) is 2.60. The summed E-state index contributed by atoms with van der Waals surface area (Å²) in [6.45, 7) is 10.4. The first-order valence-electron chi connectivity index (χ1n) is 6.90. The van der Waals surface area contributed by atoms with Crippen LogP contribution in [0, 0.1) is 0 Å². The number of ether oxygens (including phenoxy) is 2. The van der Waals surface area contributed by atoms with E-state index >= 15 is 0 Å². The molecule has 0 aromatic carbocycles. The van der Waals surface area contributed by atoms with Gasteiger partial charge in [0.1, 0.15) is 11.2 Å². The number of hydrogen-bond donors (Lipinski definition) is 1. The number of hydrogen-bond acceptors (Lipinski definition) is 5. The molecule has 0 aliphatic carbocycles. The molecule has 22 heavy (non-hydrogen) atoms. The largest absolute Gasteiger partial charge is 0.443 e. The molecule has 0 spiro atoms. The Hall–Kier alpha value is -2.25. The third-order valence-corrected chi connectivity index (χ3v) is 2.20. The van der Waals surface area contributed by atoms with Crippen molar-refractivity contribution in [2.24, 2.45) is 7.05 Å². The average molecular weight is 312 g/mol. The van der Waals surface area contributed by atoms with Crippen LogP contribution < -0.4 is 10.4 Å². The molecule has 1 heterocycles. The summed E-state index contributed by atoms with van der Waals surface area (Å²) in [5.41, 5.74) is 0.987. The second-order valence-electron chi connectivity index (χ2n) is 6.74. The molecule has 1 N–H and O–H groups in total. The minimum absolute atomic E-state index is 0.347. The fourth-order valence-electron chi connectivity index (χ4n) is 1.48. The molecule has 0 atom stereocenters. The lowest BCUT2D eigenvalue weighted by Gasteiger charge is -2.28. The van der Waals surface area contributed by atoms with Gasteiger partial charge >= 0.3 is 12.2 Å². The predicted molar refractivity (Wildman–Crippen MR) is 81.3 cm³/mol. The second-order valence-corrected chi connectivity index (χ2v) is 6.74. The maximum absolute atomic E-state index is 12.3. The molecule has 0 saturated heterocycles. The Morgan fingerprint density at radius 3 is 2.09 bits per heavy atom. The van der Waals surface area contributed by atoms with Crippen LogP contribution in [0.3, 0.4) is 0 Å². The molecule has 0 aliphatic rings. The van der Waals surface area contributed by atoms with Crippen molar-refractivity contribution in [3.8, 4) is 0 Å². The van der Waals surface area contributed by atoms with Crippen molar-refractivity contribution in [1.29, 1.82) is 0 Å². The normalized spacial score (nSPS) is 11.8. The summed E-state index contributed by atoms with van der Waals surface area (Å²) in [7, 11) is 1.64. The molecule has 0 fully saturated rings. The van der Waals surface area contributed by atoms with Crippen LogP contribution >= 0.6 is 0 Å². The van der Waals surface area contributed by atoms with Crippen LogP contribution in [0.25, 0.3) is 0 Å². The monoisotopic (exact) mass is 312 g/mol. The average Bonchev–Trinajstić information content (AvgIpc) is 2.67. The number of hydrazine groups is 1. The Labute approximate surface area is 130 Å². The molecule has 8 heteroatoms. The number of amides is 2. The summed E-state index contributed by atoms with van der Waals surface area (Å²) < 4.78 is 11.9. The van der Waals surface area contributed by atoms with Crippen LogP contribution in [0.2, 0.25) is 0 Å². The maximum atomic E-state index is 12.3. The highest BCUT2D eigenvalue weighted by molar-refractivity contribution is 5.89. The molecule has 2 amide bonds. The summed E-state index contributed by atoms with van der Waals surface area (Å²) in [5, 5.41) is 4.94. The highest BCUT2D eigenvalue weighted by Gasteiger charge is 2.28. The number of nitrogens with one attached hydrogen (secondary N) is 1. The van der Waals surface area contributed by atoms with E-state index in [9.17, 15) is 9.59 Å². The second kappa shape index (κ2) is 6.25. The molecule has 8 nitrogen and oxygen atoms in total. The van der Waals surface area contributed by atoms with Gasteiger partial charge in [-0.25, -0.2) is 15.0 Å². The van der Waals surface area contributed by atoms with Gasteiger partial charge in [0.15, 0.2) is 5.82 Å². The summed E-state index contributed by atoms with van der Waals surface area (Å²) in [4.78, 5) is 24.2. The zero-order chi connectivity index (χ0) is 17.1. The van der Waals surface area contributed by atoms with E-state index in [1.807, 2.05) is 0 Å². The van der Waals surface area contributed by atoms with Gasteiger partial charge in [-0.1, -0.05) is 0 Å². The van der Waals surface area contributed by atoms with Crippen molar-refractivity contribution in [3.63, 3.8) is 0 Å². The standard InChI is InChI=1S/C14H24N4O4/c1-13(2,3)21-11(19)16-18(10-8-9-15-17(10)7)12(20)22-14(4,5)6/h8-9H,1-7H3,(H,16,19). The minimum atomic E-state index is -0.764. The van der Waals surface area contributed by atoms with Gasteiger partial charge in [-0.2, -0.15) is 10.1 Å². The lowest BCUT2D eigenvalue weighted by atomic mass is 10.2. The molecule has 124 valence electrons. The molecular formula is C14H24N4O4. The fourth-order valence-corrected chi connectivity index (χ4v) is 1.48. The third kappa shape index (κ3) is 5.63. The zero-order valence-corrected chi connectivity index (χ0v) is 14.1. The third-order valence-electron chi connectivity index (χ3n) is 2.20. The topological polar surface area (TPSA) is 85.7 Å². The Kier molecular flexibility index (Phi) is 5.05. The highest BCUT2D eigenvalue weighted by atomic mass is 16.6. The Morgan fingerprint density at radius 1 is 1.14 bits per heavy atom. The zero-order valence-electron chi connectivity index (χ0n) is 14.1. The van der Waals surface area contributed by atoms with Gasteiger partial charge in [0.25, 0.3) is 0 Å². The number of nitrogens with zero attached hydrogens (tertiary/aromatic N) is 3. The molecule has 1 aromatic rings. The smallest absolute Gasteiger partial charge is 0.435 e. The van der Waals surface area contributed by atoms with Crippen LogP contribution in [0.15, 0.2) is 12.3 Å². The minimum Gasteiger partial charge on any atom is -0.443 e.